The number of methoxy groups -OCH3 is 1. The Bertz CT molecular complexity index is 538. The summed E-state index contributed by atoms with van der Waals surface area (Å²) in [6.45, 7) is 1.84. The van der Waals surface area contributed by atoms with E-state index in [9.17, 15) is 8.42 Å². The van der Waals surface area contributed by atoms with Gasteiger partial charge in [0.2, 0.25) is 0 Å². The molecule has 0 amide bonds. The van der Waals surface area contributed by atoms with Gasteiger partial charge in [-0.25, -0.2) is 8.42 Å². The maximum absolute atomic E-state index is 11.3. The first kappa shape index (κ1) is 16.5. The van der Waals surface area contributed by atoms with Gasteiger partial charge in [0.1, 0.15) is 0 Å². The van der Waals surface area contributed by atoms with Crippen LogP contribution in [0, 0.1) is 0 Å². The number of nitrogens with one attached hydrogen (secondary N) is 2. The third-order valence-corrected chi connectivity index (χ3v) is 3.76. The fraction of sp³-hybridized carbons (Fsp3) is 0.462. The number of hydrogen-bond acceptors (Lipinski definition) is 4. The zero-order valence-electron chi connectivity index (χ0n) is 12.0. The van der Waals surface area contributed by atoms with Gasteiger partial charge < -0.3 is 15.4 Å². The zero-order valence-corrected chi connectivity index (χ0v) is 12.8. The van der Waals surface area contributed by atoms with Crippen LogP contribution in [-0.2, 0) is 21.1 Å². The normalized spacial score (nSPS) is 12.2. The van der Waals surface area contributed by atoms with Crippen molar-refractivity contribution in [3.63, 3.8) is 0 Å². The smallest absolute Gasteiger partial charge is 0.191 e. The van der Waals surface area contributed by atoms with Crippen molar-refractivity contribution in [2.75, 3.05) is 33.6 Å². The van der Waals surface area contributed by atoms with Crippen LogP contribution in [0.4, 0.5) is 0 Å². The minimum atomic E-state index is -3.14. The van der Waals surface area contributed by atoms with Crippen molar-refractivity contribution >= 4 is 15.8 Å². The van der Waals surface area contributed by atoms with E-state index in [0.717, 1.165) is 5.56 Å². The highest BCUT2D eigenvalue weighted by atomic mass is 32.2. The number of nitrogens with zero attached hydrogens (tertiary/aromatic N) is 1. The number of rotatable bonds is 6. The van der Waals surface area contributed by atoms with E-state index in [1.165, 1.54) is 6.26 Å². The van der Waals surface area contributed by atoms with Crippen molar-refractivity contribution in [3.05, 3.63) is 29.8 Å². The van der Waals surface area contributed by atoms with Gasteiger partial charge in [-0.15, -0.1) is 0 Å². The Morgan fingerprint density at radius 3 is 2.40 bits per heavy atom. The number of sulfone groups is 1. The van der Waals surface area contributed by atoms with Crippen LogP contribution in [0.25, 0.3) is 0 Å². The summed E-state index contributed by atoms with van der Waals surface area (Å²) in [4.78, 5) is 4.40. The van der Waals surface area contributed by atoms with Crippen molar-refractivity contribution in [1.82, 2.24) is 10.6 Å². The fourth-order valence-electron chi connectivity index (χ4n) is 1.53. The summed E-state index contributed by atoms with van der Waals surface area (Å²) in [5, 5.41) is 6.23. The molecule has 1 aromatic carbocycles. The number of guanidine groups is 1. The summed E-state index contributed by atoms with van der Waals surface area (Å²) >= 11 is 0. The van der Waals surface area contributed by atoms with Gasteiger partial charge in [0.25, 0.3) is 0 Å². The molecule has 0 atom stereocenters. The molecule has 0 spiro atoms. The zero-order chi connectivity index (χ0) is 15.0. The van der Waals surface area contributed by atoms with Crippen LogP contribution in [-0.4, -0.2) is 47.9 Å². The first-order chi connectivity index (χ1) is 9.47. The average Bonchev–Trinajstić information content (AvgIpc) is 2.42. The van der Waals surface area contributed by atoms with Gasteiger partial charge in [-0.05, 0) is 17.7 Å². The summed E-state index contributed by atoms with van der Waals surface area (Å²) < 4.78 is 27.6. The van der Waals surface area contributed by atoms with E-state index < -0.39 is 9.84 Å². The highest BCUT2D eigenvalue weighted by molar-refractivity contribution is 7.90. The lowest BCUT2D eigenvalue weighted by atomic mass is 10.2. The molecule has 20 heavy (non-hydrogen) atoms. The Balaban J connectivity index is 2.53. The lowest BCUT2D eigenvalue weighted by Gasteiger charge is -2.11. The van der Waals surface area contributed by atoms with Crippen LogP contribution in [0.3, 0.4) is 0 Å². The quantitative estimate of drug-likeness (QED) is 0.451. The predicted octanol–water partition coefficient (Wildman–Crippen LogP) is 0.402. The lowest BCUT2D eigenvalue weighted by Crippen LogP contribution is -2.38. The first-order valence-corrected chi connectivity index (χ1v) is 8.09. The molecule has 0 aliphatic heterocycles. The van der Waals surface area contributed by atoms with Crippen LogP contribution in [0.1, 0.15) is 5.56 Å². The SMILES string of the molecule is CN=C(NCCOC)NCc1ccc(S(C)(=O)=O)cc1. The standard InChI is InChI=1S/C13H21N3O3S/c1-14-13(15-8-9-19-2)16-10-11-4-6-12(7-5-11)20(3,17)18/h4-7H,8-10H2,1-3H3,(H2,14,15,16). The molecule has 0 fully saturated rings. The number of hydrogen-bond donors (Lipinski definition) is 2. The van der Waals surface area contributed by atoms with Crippen LogP contribution in [0.2, 0.25) is 0 Å². The van der Waals surface area contributed by atoms with Crippen molar-refractivity contribution in [3.8, 4) is 0 Å². The van der Waals surface area contributed by atoms with Gasteiger partial charge in [0.05, 0.1) is 11.5 Å². The molecule has 0 aromatic heterocycles. The maximum Gasteiger partial charge on any atom is 0.191 e. The third-order valence-electron chi connectivity index (χ3n) is 2.63. The van der Waals surface area contributed by atoms with Gasteiger partial charge in [-0.2, -0.15) is 0 Å². The highest BCUT2D eigenvalue weighted by Gasteiger charge is 2.06. The molecule has 112 valence electrons. The van der Waals surface area contributed by atoms with Crippen molar-refractivity contribution < 1.29 is 13.2 Å². The maximum atomic E-state index is 11.3. The molecule has 0 aliphatic rings. The largest absolute Gasteiger partial charge is 0.383 e. The van der Waals surface area contributed by atoms with Crippen LogP contribution in [0.15, 0.2) is 34.2 Å². The Labute approximate surface area is 120 Å². The fourth-order valence-corrected chi connectivity index (χ4v) is 2.16. The van der Waals surface area contributed by atoms with E-state index in [1.807, 2.05) is 0 Å². The summed E-state index contributed by atoms with van der Waals surface area (Å²) in [6.07, 6.45) is 1.20. The highest BCUT2D eigenvalue weighted by Crippen LogP contribution is 2.09. The summed E-state index contributed by atoms with van der Waals surface area (Å²) in [6, 6.07) is 6.78. The minimum absolute atomic E-state index is 0.323. The van der Waals surface area contributed by atoms with Gasteiger partial charge in [0.15, 0.2) is 15.8 Å². The Morgan fingerprint density at radius 1 is 1.25 bits per heavy atom. The number of benzene rings is 1. The molecule has 0 bridgehead atoms. The van der Waals surface area contributed by atoms with E-state index in [4.69, 9.17) is 4.74 Å². The second-order valence-corrected chi connectivity index (χ2v) is 6.28. The molecule has 6 nitrogen and oxygen atoms in total. The Morgan fingerprint density at radius 2 is 1.90 bits per heavy atom. The van der Waals surface area contributed by atoms with Gasteiger partial charge in [-0.1, -0.05) is 12.1 Å². The number of aliphatic imine (C=N–C) groups is 1. The first-order valence-electron chi connectivity index (χ1n) is 6.20. The van der Waals surface area contributed by atoms with Crippen molar-refractivity contribution in [1.29, 1.82) is 0 Å². The molecule has 0 aliphatic carbocycles. The van der Waals surface area contributed by atoms with Gasteiger partial charge in [-0.3, -0.25) is 4.99 Å². The molecule has 2 N–H and O–H groups in total. The second kappa shape index (κ2) is 7.86. The molecule has 0 saturated carbocycles. The minimum Gasteiger partial charge on any atom is -0.383 e. The monoisotopic (exact) mass is 299 g/mol. The van der Waals surface area contributed by atoms with Gasteiger partial charge in [0, 0.05) is 33.5 Å². The molecule has 7 heteroatoms. The molecule has 1 rings (SSSR count). The lowest BCUT2D eigenvalue weighted by molar-refractivity contribution is 0.203. The summed E-state index contributed by atoms with van der Waals surface area (Å²) in [5.41, 5.74) is 0.979. The molecule has 0 radical (unpaired) electrons. The Hall–Kier alpha value is -1.60. The Kier molecular flexibility index (Phi) is 6.47. The molecular formula is C13H21N3O3S. The predicted molar refractivity (Wildman–Crippen MR) is 79.6 cm³/mol. The summed E-state index contributed by atoms with van der Waals surface area (Å²) in [5.74, 6) is 0.675. The van der Waals surface area contributed by atoms with E-state index in [-0.39, 0.29) is 0 Å². The van der Waals surface area contributed by atoms with E-state index in [1.54, 1.807) is 38.4 Å². The number of ether oxygens (including phenoxy) is 1. The van der Waals surface area contributed by atoms with Crippen molar-refractivity contribution in [2.45, 2.75) is 11.4 Å². The van der Waals surface area contributed by atoms with Crippen LogP contribution < -0.4 is 10.6 Å². The average molecular weight is 299 g/mol. The van der Waals surface area contributed by atoms with Crippen molar-refractivity contribution in [2.24, 2.45) is 4.99 Å². The summed E-state index contributed by atoms with van der Waals surface area (Å²) in [7, 11) is 0.189. The van der Waals surface area contributed by atoms with Crippen LogP contribution >= 0.6 is 0 Å². The van der Waals surface area contributed by atoms with E-state index in [0.29, 0.717) is 30.6 Å². The third kappa shape index (κ3) is 5.58. The van der Waals surface area contributed by atoms with Gasteiger partial charge >= 0.3 is 0 Å². The topological polar surface area (TPSA) is 79.8 Å². The second-order valence-electron chi connectivity index (χ2n) is 4.26. The van der Waals surface area contributed by atoms with E-state index in [2.05, 4.69) is 15.6 Å². The van der Waals surface area contributed by atoms with E-state index >= 15 is 0 Å². The molecule has 0 saturated heterocycles. The molecule has 0 unspecified atom stereocenters. The molecular weight excluding hydrogens is 278 g/mol. The molecule has 1 aromatic rings. The molecule has 0 heterocycles. The van der Waals surface area contributed by atoms with Crippen LogP contribution in [0.5, 0.6) is 0 Å².